The van der Waals surface area contributed by atoms with Crippen LogP contribution in [-0.4, -0.2) is 43.1 Å². The van der Waals surface area contributed by atoms with Crippen LogP contribution in [0.4, 0.5) is 0 Å². The van der Waals surface area contributed by atoms with Gasteiger partial charge in [-0.3, -0.25) is 4.79 Å². The lowest BCUT2D eigenvalue weighted by atomic mass is 10.2. The summed E-state index contributed by atoms with van der Waals surface area (Å²) in [6.45, 7) is 4.80. The summed E-state index contributed by atoms with van der Waals surface area (Å²) in [6.07, 6.45) is 0.350. The number of amides is 1. The minimum atomic E-state index is 0.115. The zero-order valence-corrected chi connectivity index (χ0v) is 12.9. The normalized spacial score (nSPS) is 18.9. The zero-order chi connectivity index (χ0) is 14.5. The molecule has 0 spiro atoms. The maximum absolute atomic E-state index is 12.1. The highest BCUT2D eigenvalue weighted by Crippen LogP contribution is 2.27. The second kappa shape index (κ2) is 7.16. The van der Waals surface area contributed by atoms with Crippen LogP contribution in [0.1, 0.15) is 13.3 Å². The number of halogens is 2. The second-order valence-corrected chi connectivity index (χ2v) is 5.66. The van der Waals surface area contributed by atoms with Crippen molar-refractivity contribution in [1.29, 1.82) is 0 Å². The predicted octanol–water partition coefficient (Wildman–Crippen LogP) is 2.58. The molecule has 2 rings (SSSR count). The standard InChI is InChI=1S/C14H18Cl2N2O2/c1-10-9-17-5-6-18(10)14(19)4-7-20-13-3-2-11(15)8-12(13)16/h2-3,8,10,17H,4-7,9H2,1H3. The summed E-state index contributed by atoms with van der Waals surface area (Å²) in [6, 6.07) is 5.28. The Bertz CT molecular complexity index is 482. The van der Waals surface area contributed by atoms with E-state index in [0.717, 1.165) is 19.6 Å². The summed E-state index contributed by atoms with van der Waals surface area (Å²) in [5.74, 6) is 0.668. The molecule has 20 heavy (non-hydrogen) atoms. The maximum atomic E-state index is 12.1. The first kappa shape index (κ1) is 15.4. The fraction of sp³-hybridized carbons (Fsp3) is 0.500. The first-order valence-electron chi connectivity index (χ1n) is 6.66. The van der Waals surface area contributed by atoms with E-state index in [-0.39, 0.29) is 11.9 Å². The summed E-state index contributed by atoms with van der Waals surface area (Å²) in [4.78, 5) is 14.0. The van der Waals surface area contributed by atoms with Crippen molar-refractivity contribution in [2.45, 2.75) is 19.4 Å². The summed E-state index contributed by atoms with van der Waals surface area (Å²) in [5.41, 5.74) is 0. The predicted molar refractivity (Wildman–Crippen MR) is 80.6 cm³/mol. The van der Waals surface area contributed by atoms with Gasteiger partial charge in [0.05, 0.1) is 18.1 Å². The third-order valence-electron chi connectivity index (χ3n) is 3.29. The van der Waals surface area contributed by atoms with E-state index < -0.39 is 0 Å². The monoisotopic (exact) mass is 316 g/mol. The number of nitrogens with one attached hydrogen (secondary N) is 1. The molecule has 1 atom stereocenters. The zero-order valence-electron chi connectivity index (χ0n) is 11.4. The van der Waals surface area contributed by atoms with E-state index >= 15 is 0 Å². The Morgan fingerprint density at radius 1 is 1.50 bits per heavy atom. The molecule has 1 saturated heterocycles. The van der Waals surface area contributed by atoms with Gasteiger partial charge in [0.1, 0.15) is 5.75 Å². The lowest BCUT2D eigenvalue weighted by molar-refractivity contribution is -0.134. The number of rotatable bonds is 4. The fourth-order valence-corrected chi connectivity index (χ4v) is 2.66. The molecule has 1 heterocycles. The van der Waals surface area contributed by atoms with Crippen molar-refractivity contribution >= 4 is 29.1 Å². The molecular weight excluding hydrogens is 299 g/mol. The molecule has 4 nitrogen and oxygen atoms in total. The first-order chi connectivity index (χ1) is 9.58. The summed E-state index contributed by atoms with van der Waals surface area (Å²) < 4.78 is 5.53. The molecule has 1 unspecified atom stereocenters. The third-order valence-corrected chi connectivity index (χ3v) is 3.82. The van der Waals surface area contributed by atoms with E-state index in [1.165, 1.54) is 0 Å². The molecule has 0 radical (unpaired) electrons. The van der Waals surface area contributed by atoms with Crippen molar-refractivity contribution in [3.63, 3.8) is 0 Å². The Kier molecular flexibility index (Phi) is 5.52. The van der Waals surface area contributed by atoms with Crippen LogP contribution in [0.2, 0.25) is 10.0 Å². The Morgan fingerprint density at radius 3 is 3.00 bits per heavy atom. The quantitative estimate of drug-likeness (QED) is 0.928. The molecule has 1 aliphatic rings. The van der Waals surface area contributed by atoms with E-state index in [9.17, 15) is 4.79 Å². The molecule has 1 fully saturated rings. The minimum absolute atomic E-state index is 0.115. The van der Waals surface area contributed by atoms with Crippen LogP contribution in [-0.2, 0) is 4.79 Å². The van der Waals surface area contributed by atoms with Crippen molar-refractivity contribution < 1.29 is 9.53 Å². The molecule has 0 bridgehead atoms. The van der Waals surface area contributed by atoms with Crippen molar-refractivity contribution in [2.24, 2.45) is 0 Å². The fourth-order valence-electron chi connectivity index (χ4n) is 2.20. The number of carbonyl (C=O) groups is 1. The Morgan fingerprint density at radius 2 is 2.30 bits per heavy atom. The molecule has 6 heteroatoms. The van der Waals surface area contributed by atoms with Gasteiger partial charge in [-0.25, -0.2) is 0 Å². The van der Waals surface area contributed by atoms with Gasteiger partial charge in [0, 0.05) is 30.7 Å². The van der Waals surface area contributed by atoms with Gasteiger partial charge in [0.25, 0.3) is 0 Å². The highest BCUT2D eigenvalue weighted by molar-refractivity contribution is 6.35. The molecule has 0 saturated carbocycles. The number of nitrogens with zero attached hydrogens (tertiary/aromatic N) is 1. The van der Waals surface area contributed by atoms with Gasteiger partial charge in [-0.15, -0.1) is 0 Å². The van der Waals surface area contributed by atoms with E-state index in [2.05, 4.69) is 5.32 Å². The van der Waals surface area contributed by atoms with Crippen LogP contribution >= 0.6 is 23.2 Å². The Hall–Kier alpha value is -0.970. The Balaban J connectivity index is 1.81. The van der Waals surface area contributed by atoms with Gasteiger partial charge in [-0.2, -0.15) is 0 Å². The van der Waals surface area contributed by atoms with Gasteiger partial charge < -0.3 is 15.0 Å². The summed E-state index contributed by atoms with van der Waals surface area (Å²) in [7, 11) is 0. The average Bonchev–Trinajstić information content (AvgIpc) is 2.41. The van der Waals surface area contributed by atoms with Gasteiger partial charge in [-0.05, 0) is 25.1 Å². The van der Waals surface area contributed by atoms with Crippen LogP contribution in [0.5, 0.6) is 5.75 Å². The highest BCUT2D eigenvalue weighted by Gasteiger charge is 2.22. The molecule has 110 valence electrons. The van der Waals surface area contributed by atoms with Crippen LogP contribution in [0.3, 0.4) is 0 Å². The van der Waals surface area contributed by atoms with Gasteiger partial charge in [0.2, 0.25) is 5.91 Å². The lowest BCUT2D eigenvalue weighted by Crippen LogP contribution is -2.52. The SMILES string of the molecule is CC1CNCCN1C(=O)CCOc1ccc(Cl)cc1Cl. The van der Waals surface area contributed by atoms with E-state index in [4.69, 9.17) is 27.9 Å². The van der Waals surface area contributed by atoms with Crippen molar-refractivity contribution in [1.82, 2.24) is 10.2 Å². The van der Waals surface area contributed by atoms with Crippen LogP contribution in [0, 0.1) is 0 Å². The van der Waals surface area contributed by atoms with E-state index in [1.807, 2.05) is 11.8 Å². The Labute approximate surface area is 129 Å². The summed E-state index contributed by atoms with van der Waals surface area (Å²) in [5, 5.41) is 4.28. The molecular formula is C14H18Cl2N2O2. The second-order valence-electron chi connectivity index (χ2n) is 4.81. The third kappa shape index (κ3) is 4.01. The van der Waals surface area contributed by atoms with E-state index in [0.29, 0.717) is 28.8 Å². The topological polar surface area (TPSA) is 41.6 Å². The maximum Gasteiger partial charge on any atom is 0.226 e. The van der Waals surface area contributed by atoms with Crippen molar-refractivity contribution in [3.8, 4) is 5.75 Å². The van der Waals surface area contributed by atoms with Crippen LogP contribution in [0.25, 0.3) is 0 Å². The summed E-state index contributed by atoms with van der Waals surface area (Å²) >= 11 is 11.8. The average molecular weight is 317 g/mol. The number of piperazine rings is 1. The molecule has 1 N–H and O–H groups in total. The molecule has 1 aromatic carbocycles. The minimum Gasteiger partial charge on any atom is -0.491 e. The van der Waals surface area contributed by atoms with Gasteiger partial charge >= 0.3 is 0 Å². The highest BCUT2D eigenvalue weighted by atomic mass is 35.5. The van der Waals surface area contributed by atoms with Crippen LogP contribution in [0.15, 0.2) is 18.2 Å². The smallest absolute Gasteiger partial charge is 0.226 e. The number of hydrogen-bond donors (Lipinski definition) is 1. The van der Waals surface area contributed by atoms with Gasteiger partial charge in [0.15, 0.2) is 0 Å². The first-order valence-corrected chi connectivity index (χ1v) is 7.41. The molecule has 1 aromatic rings. The number of carbonyl (C=O) groups excluding carboxylic acids is 1. The van der Waals surface area contributed by atoms with Gasteiger partial charge in [-0.1, -0.05) is 23.2 Å². The molecule has 1 amide bonds. The largest absolute Gasteiger partial charge is 0.491 e. The number of benzene rings is 1. The molecule has 0 aromatic heterocycles. The molecule has 0 aliphatic carbocycles. The lowest BCUT2D eigenvalue weighted by Gasteiger charge is -2.34. The van der Waals surface area contributed by atoms with Crippen molar-refractivity contribution in [3.05, 3.63) is 28.2 Å². The number of ether oxygens (including phenoxy) is 1. The molecule has 1 aliphatic heterocycles. The van der Waals surface area contributed by atoms with E-state index in [1.54, 1.807) is 18.2 Å². The van der Waals surface area contributed by atoms with Crippen molar-refractivity contribution in [2.75, 3.05) is 26.2 Å². The number of hydrogen-bond acceptors (Lipinski definition) is 3. The van der Waals surface area contributed by atoms with Crippen LogP contribution < -0.4 is 10.1 Å².